The second-order valence-electron chi connectivity index (χ2n) is 14.3. The highest BCUT2D eigenvalue weighted by Crippen LogP contribution is 2.64. The van der Waals surface area contributed by atoms with Gasteiger partial charge in [0.2, 0.25) is 11.8 Å². The first-order valence-electron chi connectivity index (χ1n) is 19.1. The number of fused-ring (bicyclic) bond motifs is 3. The van der Waals surface area contributed by atoms with Crippen LogP contribution in [0.5, 0.6) is 5.75 Å². The Kier molecular flexibility index (Phi) is 11.9. The van der Waals surface area contributed by atoms with Gasteiger partial charge in [0.15, 0.2) is 5.92 Å². The van der Waals surface area contributed by atoms with Crippen LogP contribution in [0.25, 0.3) is 0 Å². The van der Waals surface area contributed by atoms with E-state index in [1.807, 2.05) is 65.6 Å². The Bertz CT molecular complexity index is 2290. The molecule has 2 saturated heterocycles. The third kappa shape index (κ3) is 7.33. The number of anilines is 1. The van der Waals surface area contributed by atoms with Crippen molar-refractivity contribution in [2.45, 2.75) is 36.1 Å². The standard InChI is InChI=1S/C46H43N3O10/c1-4-24-47-41(51)36-38-44(54)59-39(30-15-9-6-10-16-30)37(29-13-7-5-8-14-29)49(38)40(31-19-21-32(22-20-31)58-26-25-50)46(36)34-27-28(18-23-35(34)48-45(46)55)12-11-17-33(42(52)56-2)43(53)57-3/h4-10,13-16,18-23,27,33,36-40,50H,1,17,24-26H2,2-3H3,(H,47,51)(H,48,55)/t36-,37-,38-,39+,40+,46-/m1/s1. The monoisotopic (exact) mass is 797 g/mol. The maximum Gasteiger partial charge on any atom is 0.324 e. The average molecular weight is 798 g/mol. The third-order valence-electron chi connectivity index (χ3n) is 11.1. The van der Waals surface area contributed by atoms with E-state index in [0.29, 0.717) is 28.1 Å². The summed E-state index contributed by atoms with van der Waals surface area (Å²) in [6.45, 7) is 3.70. The molecule has 302 valence electrons. The van der Waals surface area contributed by atoms with E-state index >= 15 is 4.79 Å². The van der Waals surface area contributed by atoms with Crippen LogP contribution in [-0.4, -0.2) is 79.7 Å². The van der Waals surface area contributed by atoms with E-state index in [4.69, 9.17) is 18.9 Å². The van der Waals surface area contributed by atoms with E-state index in [2.05, 4.69) is 29.1 Å². The minimum atomic E-state index is -1.77. The highest BCUT2D eigenvalue weighted by atomic mass is 16.6. The van der Waals surface area contributed by atoms with Gasteiger partial charge in [-0.1, -0.05) is 90.7 Å². The predicted octanol–water partition coefficient (Wildman–Crippen LogP) is 4.33. The maximum absolute atomic E-state index is 15.2. The average Bonchev–Trinajstić information content (AvgIpc) is 3.75. The molecule has 1 spiro atoms. The molecule has 0 saturated carbocycles. The second kappa shape index (κ2) is 17.4. The SMILES string of the molecule is C=CCNC(=O)[C@H]1[C@@H]2C(=O)O[C@@H](c3ccccc3)[C@@H](c3ccccc3)N2[C@@H](c2ccc(OCCO)cc2)[C@]12C(=O)Nc1ccc(C#CCC(C(=O)OC)C(=O)OC)cc12. The fraction of sp³-hybridized carbons (Fsp3) is 0.283. The lowest BCUT2D eigenvalue weighted by molar-refractivity contribution is -0.178. The highest BCUT2D eigenvalue weighted by molar-refractivity contribution is 6.12. The number of esters is 3. The number of hydrogen-bond donors (Lipinski definition) is 3. The van der Waals surface area contributed by atoms with Crippen molar-refractivity contribution in [3.05, 3.63) is 144 Å². The Hall–Kier alpha value is -6.75. The summed E-state index contributed by atoms with van der Waals surface area (Å²) in [4.78, 5) is 71.6. The minimum Gasteiger partial charge on any atom is -0.491 e. The number of benzene rings is 4. The van der Waals surface area contributed by atoms with Crippen molar-refractivity contribution in [2.24, 2.45) is 11.8 Å². The van der Waals surface area contributed by atoms with Gasteiger partial charge in [-0.3, -0.25) is 28.9 Å². The fourth-order valence-electron chi connectivity index (χ4n) is 8.67. The molecule has 4 aromatic carbocycles. The summed E-state index contributed by atoms with van der Waals surface area (Å²) in [5.74, 6) is 0.402. The van der Waals surface area contributed by atoms with E-state index in [-0.39, 0.29) is 26.2 Å². The molecule has 6 atom stereocenters. The van der Waals surface area contributed by atoms with Crippen LogP contribution in [0, 0.1) is 23.7 Å². The van der Waals surface area contributed by atoms with Crippen LogP contribution in [0.4, 0.5) is 5.69 Å². The topological polar surface area (TPSA) is 170 Å². The molecule has 3 aliphatic rings. The lowest BCUT2D eigenvalue weighted by atomic mass is 9.65. The molecule has 2 amide bonds. The van der Waals surface area contributed by atoms with Crippen LogP contribution in [0.2, 0.25) is 0 Å². The number of morpholine rings is 1. The molecule has 13 heteroatoms. The molecule has 0 radical (unpaired) electrons. The second-order valence-corrected chi connectivity index (χ2v) is 14.3. The van der Waals surface area contributed by atoms with E-state index in [0.717, 1.165) is 11.1 Å². The Morgan fingerprint density at radius 3 is 2.20 bits per heavy atom. The number of ether oxygens (including phenoxy) is 4. The number of amides is 2. The Morgan fingerprint density at radius 1 is 0.915 bits per heavy atom. The molecule has 3 heterocycles. The largest absolute Gasteiger partial charge is 0.491 e. The first-order chi connectivity index (χ1) is 28.7. The van der Waals surface area contributed by atoms with Crippen LogP contribution in [0.3, 0.4) is 0 Å². The molecule has 13 nitrogen and oxygen atoms in total. The van der Waals surface area contributed by atoms with Crippen molar-refractivity contribution in [3.8, 4) is 17.6 Å². The van der Waals surface area contributed by atoms with Crippen molar-refractivity contribution < 1.29 is 48.0 Å². The molecule has 0 bridgehead atoms. The number of rotatable bonds is 12. The van der Waals surface area contributed by atoms with Crippen molar-refractivity contribution in [2.75, 3.05) is 39.3 Å². The molecule has 59 heavy (non-hydrogen) atoms. The van der Waals surface area contributed by atoms with E-state index < -0.39 is 71.2 Å². The smallest absolute Gasteiger partial charge is 0.324 e. The minimum absolute atomic E-state index is 0.0606. The van der Waals surface area contributed by atoms with Gasteiger partial charge < -0.3 is 34.7 Å². The molecular formula is C46H43N3O10. The first-order valence-corrected chi connectivity index (χ1v) is 19.1. The van der Waals surface area contributed by atoms with Crippen LogP contribution in [0.15, 0.2) is 116 Å². The Morgan fingerprint density at radius 2 is 1.58 bits per heavy atom. The number of carbonyl (C=O) groups excluding carboxylic acids is 5. The molecule has 0 aromatic heterocycles. The van der Waals surface area contributed by atoms with Crippen LogP contribution in [-0.2, 0) is 43.6 Å². The zero-order valence-electron chi connectivity index (χ0n) is 32.5. The number of hydrogen-bond acceptors (Lipinski definition) is 11. The van der Waals surface area contributed by atoms with Crippen molar-refractivity contribution >= 4 is 35.4 Å². The highest BCUT2D eigenvalue weighted by Gasteiger charge is 2.74. The summed E-state index contributed by atoms with van der Waals surface area (Å²) in [7, 11) is 2.33. The van der Waals surface area contributed by atoms with Gasteiger partial charge in [-0.25, -0.2) is 0 Å². The summed E-state index contributed by atoms with van der Waals surface area (Å²) in [6, 6.07) is 28.1. The molecule has 7 rings (SSSR count). The zero-order valence-corrected chi connectivity index (χ0v) is 32.5. The predicted molar refractivity (Wildman–Crippen MR) is 214 cm³/mol. The number of nitrogens with one attached hydrogen (secondary N) is 2. The number of methoxy groups -OCH3 is 2. The maximum atomic E-state index is 15.2. The third-order valence-corrected chi connectivity index (χ3v) is 11.1. The van der Waals surface area contributed by atoms with Gasteiger partial charge in [-0.15, -0.1) is 6.58 Å². The number of nitrogens with zero attached hydrogens (tertiary/aromatic N) is 1. The van der Waals surface area contributed by atoms with Crippen molar-refractivity contribution in [1.82, 2.24) is 10.2 Å². The number of aliphatic hydroxyl groups is 1. The Balaban J connectivity index is 1.48. The molecule has 3 aliphatic heterocycles. The molecule has 3 N–H and O–H groups in total. The van der Waals surface area contributed by atoms with Crippen LogP contribution < -0.4 is 15.4 Å². The lowest BCUT2D eigenvalue weighted by Crippen LogP contribution is -2.54. The van der Waals surface area contributed by atoms with Gasteiger partial charge in [0.1, 0.15) is 29.9 Å². The fourth-order valence-corrected chi connectivity index (χ4v) is 8.67. The van der Waals surface area contributed by atoms with Gasteiger partial charge in [0.25, 0.3) is 0 Å². The summed E-state index contributed by atoms with van der Waals surface area (Å²) < 4.78 is 21.7. The lowest BCUT2D eigenvalue weighted by Gasteiger charge is -2.46. The van der Waals surface area contributed by atoms with Gasteiger partial charge >= 0.3 is 17.9 Å². The molecule has 0 aliphatic carbocycles. The number of carbonyl (C=O) groups is 5. The molecule has 0 unspecified atom stereocenters. The quantitative estimate of drug-likeness (QED) is 0.0613. The van der Waals surface area contributed by atoms with Crippen molar-refractivity contribution in [3.63, 3.8) is 0 Å². The van der Waals surface area contributed by atoms with Gasteiger partial charge in [-0.2, -0.15) is 0 Å². The van der Waals surface area contributed by atoms with Gasteiger partial charge in [0.05, 0.1) is 38.8 Å². The normalized spacial score (nSPS) is 22.9. The number of aliphatic hydroxyl groups excluding tert-OH is 1. The number of cyclic esters (lactones) is 1. The van der Waals surface area contributed by atoms with Crippen LogP contribution >= 0.6 is 0 Å². The van der Waals surface area contributed by atoms with Crippen LogP contribution in [0.1, 0.15) is 52.4 Å². The summed E-state index contributed by atoms with van der Waals surface area (Å²) >= 11 is 0. The van der Waals surface area contributed by atoms with E-state index in [9.17, 15) is 24.3 Å². The van der Waals surface area contributed by atoms with E-state index in [1.165, 1.54) is 20.3 Å². The van der Waals surface area contributed by atoms with Crippen molar-refractivity contribution in [1.29, 1.82) is 0 Å². The van der Waals surface area contributed by atoms with E-state index in [1.54, 1.807) is 42.5 Å². The zero-order chi connectivity index (χ0) is 41.7. The molecular weight excluding hydrogens is 755 g/mol. The summed E-state index contributed by atoms with van der Waals surface area (Å²) in [5.41, 5.74) is 1.60. The molecule has 2 fully saturated rings. The molecule has 4 aromatic rings. The first kappa shape index (κ1) is 40.4. The van der Waals surface area contributed by atoms with Gasteiger partial charge in [0, 0.05) is 24.2 Å². The van der Waals surface area contributed by atoms with Gasteiger partial charge in [-0.05, 0) is 52.6 Å². The Labute approximate surface area is 341 Å². The summed E-state index contributed by atoms with van der Waals surface area (Å²) in [5, 5.41) is 15.4. The summed E-state index contributed by atoms with van der Waals surface area (Å²) in [6.07, 6.45) is 0.464.